The van der Waals surface area contributed by atoms with Gasteiger partial charge in [0.25, 0.3) is 0 Å². The van der Waals surface area contributed by atoms with Gasteiger partial charge in [0.05, 0.1) is 19.6 Å². The van der Waals surface area contributed by atoms with E-state index in [0.29, 0.717) is 12.2 Å². The molecule has 0 aliphatic carbocycles. The summed E-state index contributed by atoms with van der Waals surface area (Å²) in [6, 6.07) is 0. The molecule has 0 unspecified atom stereocenters. The molecule has 0 saturated carbocycles. The van der Waals surface area contributed by atoms with Crippen molar-refractivity contribution < 1.29 is 14.0 Å². The van der Waals surface area contributed by atoms with E-state index in [1.807, 2.05) is 0 Å². The zero-order chi connectivity index (χ0) is 19.0. The summed E-state index contributed by atoms with van der Waals surface area (Å²) >= 11 is 0. The van der Waals surface area contributed by atoms with Crippen LogP contribution in [0.15, 0.2) is 12.2 Å². The van der Waals surface area contributed by atoms with E-state index in [1.54, 1.807) is 6.92 Å². The van der Waals surface area contributed by atoms with Crippen LogP contribution >= 0.6 is 0 Å². The lowest BCUT2D eigenvalue weighted by Gasteiger charge is -2.39. The number of hydrogen-bond donors (Lipinski definition) is 0. The highest BCUT2D eigenvalue weighted by Crippen LogP contribution is 2.16. The molecule has 3 heteroatoms. The molecule has 0 atom stereocenters. The van der Waals surface area contributed by atoms with Crippen LogP contribution in [0.3, 0.4) is 0 Å². The molecule has 0 amide bonds. The molecule has 0 aliphatic heterocycles. The Labute approximate surface area is 157 Å². The van der Waals surface area contributed by atoms with E-state index in [4.69, 9.17) is 4.74 Å². The first-order chi connectivity index (χ1) is 12.0. The van der Waals surface area contributed by atoms with Crippen molar-refractivity contribution in [2.75, 3.05) is 32.8 Å². The van der Waals surface area contributed by atoms with Crippen molar-refractivity contribution >= 4 is 5.97 Å². The SMILES string of the molecule is C=C(C)C(=O)OCC[N+](CCCC)(CCCC)CCCCCCCC. The molecule has 0 aromatic rings. The second-order valence-electron chi connectivity index (χ2n) is 7.63. The van der Waals surface area contributed by atoms with E-state index in [1.165, 1.54) is 83.8 Å². The number of carbonyl (C=O) groups is 1. The first-order valence-corrected chi connectivity index (χ1v) is 10.7. The lowest BCUT2D eigenvalue weighted by molar-refractivity contribution is -0.929. The number of rotatable bonds is 17. The van der Waals surface area contributed by atoms with E-state index in [9.17, 15) is 4.79 Å². The molecule has 0 fully saturated rings. The number of ether oxygens (including phenoxy) is 1. The van der Waals surface area contributed by atoms with E-state index < -0.39 is 0 Å². The lowest BCUT2D eigenvalue weighted by atomic mass is 10.1. The van der Waals surface area contributed by atoms with E-state index in [-0.39, 0.29) is 5.97 Å². The highest BCUT2D eigenvalue weighted by atomic mass is 16.5. The summed E-state index contributed by atoms with van der Waals surface area (Å²) in [7, 11) is 0. The van der Waals surface area contributed by atoms with E-state index in [2.05, 4.69) is 27.4 Å². The monoisotopic (exact) mass is 354 g/mol. The van der Waals surface area contributed by atoms with Crippen LogP contribution in [0.2, 0.25) is 0 Å². The van der Waals surface area contributed by atoms with Crippen molar-refractivity contribution in [2.45, 2.75) is 91.9 Å². The summed E-state index contributed by atoms with van der Waals surface area (Å²) < 4.78 is 6.55. The molecule has 0 spiro atoms. The Morgan fingerprint density at radius 1 is 0.760 bits per heavy atom. The third-order valence-electron chi connectivity index (χ3n) is 5.11. The molecule has 148 valence electrons. The van der Waals surface area contributed by atoms with Gasteiger partial charge in [0.1, 0.15) is 13.2 Å². The van der Waals surface area contributed by atoms with Crippen LogP contribution in [0.25, 0.3) is 0 Å². The van der Waals surface area contributed by atoms with E-state index in [0.717, 1.165) is 11.0 Å². The predicted octanol–water partition coefficient (Wildman–Crippen LogP) is 5.88. The molecule has 0 aromatic heterocycles. The minimum atomic E-state index is -0.247. The van der Waals surface area contributed by atoms with Crippen LogP contribution in [0.4, 0.5) is 0 Å². The third-order valence-corrected chi connectivity index (χ3v) is 5.11. The van der Waals surface area contributed by atoms with Crippen molar-refractivity contribution in [3.63, 3.8) is 0 Å². The molecule has 0 aromatic carbocycles. The molecule has 0 heterocycles. The standard InChI is InChI=1S/C22H44NO2/c1-6-9-12-13-14-15-18-23(16-10-7-2,17-11-8-3)19-20-25-22(24)21(4)5/h4,6-20H2,1-3,5H3/q+1. The van der Waals surface area contributed by atoms with Gasteiger partial charge in [0.15, 0.2) is 0 Å². The summed E-state index contributed by atoms with van der Waals surface area (Å²) in [5, 5.41) is 0. The first-order valence-electron chi connectivity index (χ1n) is 10.7. The molecule has 3 nitrogen and oxygen atoms in total. The fourth-order valence-corrected chi connectivity index (χ4v) is 3.34. The van der Waals surface area contributed by atoms with Gasteiger partial charge in [-0.2, -0.15) is 0 Å². The largest absolute Gasteiger partial charge is 0.456 e. The second kappa shape index (κ2) is 15.4. The van der Waals surface area contributed by atoms with Crippen molar-refractivity contribution in [1.82, 2.24) is 0 Å². The van der Waals surface area contributed by atoms with Crippen LogP contribution < -0.4 is 0 Å². The summed E-state index contributed by atoms with van der Waals surface area (Å²) in [6.07, 6.45) is 13.0. The molecule has 0 radical (unpaired) electrons. The molecule has 0 saturated heterocycles. The zero-order valence-electron chi connectivity index (χ0n) is 17.6. The van der Waals surface area contributed by atoms with Gasteiger partial charge in [-0.15, -0.1) is 0 Å². The van der Waals surface area contributed by atoms with Crippen molar-refractivity contribution in [3.8, 4) is 0 Å². The van der Waals surface area contributed by atoms with Crippen LogP contribution in [-0.2, 0) is 9.53 Å². The van der Waals surface area contributed by atoms with Crippen LogP contribution in [0.1, 0.15) is 91.9 Å². The first kappa shape index (κ1) is 24.2. The molecular weight excluding hydrogens is 310 g/mol. The summed E-state index contributed by atoms with van der Waals surface area (Å²) in [5.74, 6) is -0.247. The minimum Gasteiger partial charge on any atom is -0.456 e. The maximum atomic E-state index is 11.7. The molecule has 0 aliphatic rings. The average molecular weight is 355 g/mol. The molecule has 0 bridgehead atoms. The van der Waals surface area contributed by atoms with Gasteiger partial charge < -0.3 is 9.22 Å². The number of quaternary nitrogens is 1. The zero-order valence-corrected chi connectivity index (χ0v) is 17.6. The topological polar surface area (TPSA) is 26.3 Å². The summed E-state index contributed by atoms with van der Waals surface area (Å²) in [5.41, 5.74) is 0.496. The molecular formula is C22H44NO2+. The van der Waals surface area contributed by atoms with Crippen LogP contribution in [0, 0.1) is 0 Å². The Morgan fingerprint density at radius 2 is 1.24 bits per heavy atom. The fourth-order valence-electron chi connectivity index (χ4n) is 3.34. The van der Waals surface area contributed by atoms with E-state index >= 15 is 0 Å². The number of carbonyl (C=O) groups excluding carboxylic acids is 1. The Hall–Kier alpha value is -0.830. The Kier molecular flexibility index (Phi) is 14.9. The average Bonchev–Trinajstić information content (AvgIpc) is 2.60. The van der Waals surface area contributed by atoms with Gasteiger partial charge in [-0.3, -0.25) is 0 Å². The normalized spacial score (nSPS) is 11.5. The third kappa shape index (κ3) is 12.2. The van der Waals surface area contributed by atoms with Gasteiger partial charge in [0.2, 0.25) is 0 Å². The van der Waals surface area contributed by atoms with Gasteiger partial charge in [-0.1, -0.05) is 65.9 Å². The quantitative estimate of drug-likeness (QED) is 0.141. The Morgan fingerprint density at radius 3 is 1.76 bits per heavy atom. The Bertz CT molecular complexity index is 344. The highest BCUT2D eigenvalue weighted by Gasteiger charge is 2.26. The lowest BCUT2D eigenvalue weighted by Crippen LogP contribution is -2.52. The minimum absolute atomic E-state index is 0.247. The van der Waals surface area contributed by atoms with Gasteiger partial charge in [-0.25, -0.2) is 4.79 Å². The maximum Gasteiger partial charge on any atom is 0.333 e. The molecule has 25 heavy (non-hydrogen) atoms. The predicted molar refractivity (Wildman–Crippen MR) is 109 cm³/mol. The van der Waals surface area contributed by atoms with Gasteiger partial charge in [-0.05, 0) is 32.6 Å². The molecule has 0 N–H and O–H groups in total. The highest BCUT2D eigenvalue weighted by molar-refractivity contribution is 5.86. The van der Waals surface area contributed by atoms with Crippen molar-refractivity contribution in [2.24, 2.45) is 0 Å². The second-order valence-corrected chi connectivity index (χ2v) is 7.63. The fraction of sp³-hybridized carbons (Fsp3) is 0.864. The summed E-state index contributed by atoms with van der Waals surface area (Å²) in [6.45, 7) is 17.3. The van der Waals surface area contributed by atoms with Gasteiger partial charge in [0, 0.05) is 5.57 Å². The number of unbranched alkanes of at least 4 members (excludes halogenated alkanes) is 7. The smallest absolute Gasteiger partial charge is 0.333 e. The van der Waals surface area contributed by atoms with Crippen LogP contribution in [0.5, 0.6) is 0 Å². The Balaban J connectivity index is 4.60. The van der Waals surface area contributed by atoms with Gasteiger partial charge >= 0.3 is 5.97 Å². The number of nitrogens with zero attached hydrogens (tertiary/aromatic N) is 1. The summed E-state index contributed by atoms with van der Waals surface area (Å²) in [4.78, 5) is 11.7. The number of hydrogen-bond acceptors (Lipinski definition) is 2. The van der Waals surface area contributed by atoms with Crippen molar-refractivity contribution in [1.29, 1.82) is 0 Å². The maximum absolute atomic E-state index is 11.7. The number of esters is 1. The van der Waals surface area contributed by atoms with Crippen LogP contribution in [-0.4, -0.2) is 43.2 Å². The van der Waals surface area contributed by atoms with Crippen molar-refractivity contribution in [3.05, 3.63) is 12.2 Å². The molecule has 0 rings (SSSR count).